The van der Waals surface area contributed by atoms with Gasteiger partial charge >= 0.3 is 0 Å². The van der Waals surface area contributed by atoms with E-state index in [1.807, 2.05) is 0 Å². The third-order valence-corrected chi connectivity index (χ3v) is 5.71. The second-order valence-corrected chi connectivity index (χ2v) is 8.28. The van der Waals surface area contributed by atoms with Crippen LogP contribution in [0.2, 0.25) is 0 Å². The minimum absolute atomic E-state index is 0. The number of piperazine rings is 1. The fourth-order valence-electron chi connectivity index (χ4n) is 3.33. The summed E-state index contributed by atoms with van der Waals surface area (Å²) < 4.78 is 4.41. The van der Waals surface area contributed by atoms with Crippen molar-refractivity contribution in [1.82, 2.24) is 24.5 Å². The van der Waals surface area contributed by atoms with E-state index in [1.54, 1.807) is 0 Å². The SMILES string of the molecule is CCNC(=NCc1ccc(CN(C)C)cc1)N1CCN(c2nc(CC)ns2)CC1.I. The van der Waals surface area contributed by atoms with Crippen molar-refractivity contribution in [3.63, 3.8) is 0 Å². The van der Waals surface area contributed by atoms with Gasteiger partial charge in [0.15, 0.2) is 5.96 Å². The van der Waals surface area contributed by atoms with E-state index in [4.69, 9.17) is 4.99 Å². The molecular formula is C21H34IN7S. The lowest BCUT2D eigenvalue weighted by Gasteiger charge is -2.36. The molecule has 1 aliphatic rings. The van der Waals surface area contributed by atoms with E-state index >= 15 is 0 Å². The summed E-state index contributed by atoms with van der Waals surface area (Å²) in [6, 6.07) is 8.77. The smallest absolute Gasteiger partial charge is 0.205 e. The lowest BCUT2D eigenvalue weighted by atomic mass is 10.1. The van der Waals surface area contributed by atoms with Crippen LogP contribution < -0.4 is 10.2 Å². The molecular weight excluding hydrogens is 509 g/mol. The lowest BCUT2D eigenvalue weighted by Crippen LogP contribution is -2.52. The molecule has 30 heavy (non-hydrogen) atoms. The second kappa shape index (κ2) is 12.4. The van der Waals surface area contributed by atoms with Crippen LogP contribution >= 0.6 is 35.5 Å². The molecule has 3 rings (SSSR count). The molecule has 0 atom stereocenters. The molecule has 0 unspecified atom stereocenters. The van der Waals surface area contributed by atoms with Gasteiger partial charge in [0.2, 0.25) is 5.13 Å². The first-order valence-electron chi connectivity index (χ1n) is 10.4. The van der Waals surface area contributed by atoms with Crippen molar-refractivity contribution in [3.8, 4) is 0 Å². The summed E-state index contributed by atoms with van der Waals surface area (Å²) in [5.41, 5.74) is 2.57. The number of anilines is 1. The van der Waals surface area contributed by atoms with Crippen LogP contribution in [0.4, 0.5) is 5.13 Å². The number of aryl methyl sites for hydroxylation is 1. The number of halogens is 1. The van der Waals surface area contributed by atoms with Crippen LogP contribution in [0.3, 0.4) is 0 Å². The third kappa shape index (κ3) is 7.05. The van der Waals surface area contributed by atoms with Crippen molar-refractivity contribution in [2.24, 2.45) is 4.99 Å². The summed E-state index contributed by atoms with van der Waals surface area (Å²) in [6.45, 7) is 10.5. The molecule has 2 aromatic rings. The number of guanidine groups is 1. The Labute approximate surface area is 201 Å². The monoisotopic (exact) mass is 543 g/mol. The predicted molar refractivity (Wildman–Crippen MR) is 137 cm³/mol. The second-order valence-electron chi connectivity index (χ2n) is 7.55. The van der Waals surface area contributed by atoms with Crippen molar-refractivity contribution >= 4 is 46.6 Å². The Morgan fingerprint density at radius 1 is 1.10 bits per heavy atom. The van der Waals surface area contributed by atoms with Crippen LogP contribution in [0.5, 0.6) is 0 Å². The molecule has 9 heteroatoms. The van der Waals surface area contributed by atoms with E-state index in [1.165, 1.54) is 22.7 Å². The molecule has 0 spiro atoms. The van der Waals surface area contributed by atoms with Crippen LogP contribution in [0, 0.1) is 0 Å². The van der Waals surface area contributed by atoms with Gasteiger partial charge in [-0.3, -0.25) is 0 Å². The van der Waals surface area contributed by atoms with E-state index in [0.29, 0.717) is 6.54 Å². The Kier molecular flexibility index (Phi) is 10.3. The van der Waals surface area contributed by atoms with Crippen molar-refractivity contribution in [2.45, 2.75) is 33.4 Å². The van der Waals surface area contributed by atoms with Crippen molar-refractivity contribution in [1.29, 1.82) is 0 Å². The maximum Gasteiger partial charge on any atom is 0.205 e. The number of hydrogen-bond acceptors (Lipinski definition) is 6. The molecule has 1 saturated heterocycles. The summed E-state index contributed by atoms with van der Waals surface area (Å²) in [5, 5.41) is 4.50. The first-order valence-corrected chi connectivity index (χ1v) is 11.2. The minimum Gasteiger partial charge on any atom is -0.357 e. The zero-order valence-corrected chi connectivity index (χ0v) is 21.6. The van der Waals surface area contributed by atoms with Crippen LogP contribution in [0.25, 0.3) is 0 Å². The molecule has 0 amide bonds. The summed E-state index contributed by atoms with van der Waals surface area (Å²) in [6.07, 6.45) is 0.893. The van der Waals surface area contributed by atoms with E-state index in [2.05, 4.69) is 81.6 Å². The number of benzene rings is 1. The molecule has 1 aliphatic heterocycles. The summed E-state index contributed by atoms with van der Waals surface area (Å²) in [7, 11) is 4.18. The lowest BCUT2D eigenvalue weighted by molar-refractivity contribution is 0.372. The van der Waals surface area contributed by atoms with Gasteiger partial charge in [0.1, 0.15) is 5.82 Å². The molecule has 1 fully saturated rings. The van der Waals surface area contributed by atoms with Gasteiger partial charge in [-0.1, -0.05) is 31.2 Å². The number of nitrogens with one attached hydrogen (secondary N) is 1. The number of rotatable bonds is 7. The van der Waals surface area contributed by atoms with Gasteiger partial charge in [0, 0.05) is 57.2 Å². The normalized spacial score (nSPS) is 14.8. The van der Waals surface area contributed by atoms with Gasteiger partial charge in [-0.15, -0.1) is 24.0 Å². The van der Waals surface area contributed by atoms with Crippen LogP contribution in [-0.2, 0) is 19.5 Å². The Bertz CT molecular complexity index is 783. The van der Waals surface area contributed by atoms with E-state index in [9.17, 15) is 0 Å². The van der Waals surface area contributed by atoms with Gasteiger partial charge in [0.05, 0.1) is 6.54 Å². The number of aliphatic imine (C=N–C) groups is 1. The highest BCUT2D eigenvalue weighted by Gasteiger charge is 2.22. The number of aromatic nitrogens is 2. The quantitative estimate of drug-likeness (QED) is 0.329. The predicted octanol–water partition coefficient (Wildman–Crippen LogP) is 3.07. The zero-order valence-electron chi connectivity index (χ0n) is 18.5. The maximum atomic E-state index is 4.89. The van der Waals surface area contributed by atoms with Gasteiger partial charge in [-0.05, 0) is 32.1 Å². The van der Waals surface area contributed by atoms with Crippen molar-refractivity contribution in [2.75, 3.05) is 51.7 Å². The minimum atomic E-state index is 0. The molecule has 0 saturated carbocycles. The average Bonchev–Trinajstić information content (AvgIpc) is 3.21. The van der Waals surface area contributed by atoms with Gasteiger partial charge in [0.25, 0.3) is 0 Å². The maximum absolute atomic E-state index is 4.89. The van der Waals surface area contributed by atoms with E-state index in [-0.39, 0.29) is 24.0 Å². The topological polar surface area (TPSA) is 59.9 Å². The molecule has 0 bridgehead atoms. The molecule has 1 N–H and O–H groups in total. The Hall–Kier alpha value is -1.46. The van der Waals surface area contributed by atoms with E-state index in [0.717, 1.165) is 62.6 Å². The van der Waals surface area contributed by atoms with Crippen LogP contribution in [0.1, 0.15) is 30.8 Å². The van der Waals surface area contributed by atoms with Gasteiger partial charge in [-0.2, -0.15) is 4.37 Å². The zero-order chi connectivity index (χ0) is 20.6. The summed E-state index contributed by atoms with van der Waals surface area (Å²) in [5.74, 6) is 1.94. The molecule has 0 radical (unpaired) electrons. The molecule has 166 valence electrons. The molecule has 1 aromatic heterocycles. The largest absolute Gasteiger partial charge is 0.357 e. The van der Waals surface area contributed by atoms with Crippen molar-refractivity contribution < 1.29 is 0 Å². The van der Waals surface area contributed by atoms with Crippen molar-refractivity contribution in [3.05, 3.63) is 41.2 Å². The number of hydrogen-bond donors (Lipinski definition) is 1. The van der Waals surface area contributed by atoms with E-state index < -0.39 is 0 Å². The van der Waals surface area contributed by atoms with Gasteiger partial charge < -0.3 is 20.0 Å². The highest BCUT2D eigenvalue weighted by atomic mass is 127. The highest BCUT2D eigenvalue weighted by molar-refractivity contribution is 14.0. The Morgan fingerprint density at radius 3 is 2.33 bits per heavy atom. The number of nitrogens with zero attached hydrogens (tertiary/aromatic N) is 6. The molecule has 1 aromatic carbocycles. The molecule has 0 aliphatic carbocycles. The third-order valence-electron chi connectivity index (χ3n) is 4.89. The molecule has 7 nitrogen and oxygen atoms in total. The first-order chi connectivity index (χ1) is 14.1. The fraction of sp³-hybridized carbons (Fsp3) is 0.571. The Morgan fingerprint density at radius 2 is 1.77 bits per heavy atom. The average molecular weight is 544 g/mol. The van der Waals surface area contributed by atoms with Crippen LogP contribution in [0.15, 0.2) is 29.3 Å². The standard InChI is InChI=1S/C21H33N7S.HI/c1-5-19-24-21(29-25-19)28-13-11-27(12-14-28)20(22-6-2)23-15-17-7-9-18(10-8-17)16-26(3)4;/h7-10H,5-6,11-16H2,1-4H3,(H,22,23);1H. The Balaban J connectivity index is 0.00000320. The molecule has 2 heterocycles. The first kappa shape index (κ1) is 24.8. The van der Waals surface area contributed by atoms with Crippen LogP contribution in [-0.4, -0.2) is 71.9 Å². The van der Waals surface area contributed by atoms with Gasteiger partial charge in [-0.25, -0.2) is 9.98 Å². The summed E-state index contributed by atoms with van der Waals surface area (Å²) >= 11 is 1.51. The fourth-order valence-corrected chi connectivity index (χ4v) is 4.13. The summed E-state index contributed by atoms with van der Waals surface area (Å²) in [4.78, 5) is 16.4. The highest BCUT2D eigenvalue weighted by Crippen LogP contribution is 2.19.